The number of nitrogens with zero attached hydrogens (tertiary/aromatic N) is 3. The van der Waals surface area contributed by atoms with Crippen LogP contribution in [0.4, 0.5) is 13.2 Å². The van der Waals surface area contributed by atoms with Crippen molar-refractivity contribution in [3.8, 4) is 0 Å². The van der Waals surface area contributed by atoms with E-state index in [1.54, 1.807) is 5.51 Å². The molecule has 30 heavy (non-hydrogen) atoms. The molecular formula is C18H25F3N4O4S. The molecule has 3 heterocycles. The molecule has 0 aliphatic carbocycles. The zero-order chi connectivity index (χ0) is 22.2. The van der Waals surface area contributed by atoms with Crippen LogP contribution in [0.2, 0.25) is 0 Å². The largest absolute Gasteiger partial charge is 0.490 e. The van der Waals surface area contributed by atoms with Gasteiger partial charge in [0.1, 0.15) is 5.71 Å². The number of hydrogen-bond acceptors (Lipinski definition) is 7. The Morgan fingerprint density at radius 2 is 2.17 bits per heavy atom. The molecule has 0 bridgehead atoms. The fraction of sp³-hybridized carbons (Fsp3) is 0.667. The molecule has 0 radical (unpaired) electrons. The average Bonchev–Trinajstić information content (AvgIpc) is 3.35. The van der Waals surface area contributed by atoms with Crippen LogP contribution >= 0.6 is 11.3 Å². The molecular weight excluding hydrogens is 425 g/mol. The maximum absolute atomic E-state index is 12.3. The number of nitrogens with one attached hydrogen (secondary N) is 1. The molecule has 2 aliphatic heterocycles. The molecule has 1 atom stereocenters. The van der Waals surface area contributed by atoms with Gasteiger partial charge in [-0.2, -0.15) is 13.2 Å². The SMILES string of the molecule is CCCCN1CCCC2(CC(C(=O)NCc3cscn3)=NO2)C1.O=C(O)C(F)(F)F. The van der Waals surface area contributed by atoms with Crippen LogP contribution in [-0.2, 0) is 21.0 Å². The Morgan fingerprint density at radius 1 is 1.43 bits per heavy atom. The number of unbranched alkanes of at least 4 members (excludes halogenated alkanes) is 1. The van der Waals surface area contributed by atoms with Crippen molar-refractivity contribution >= 4 is 28.9 Å². The molecule has 1 fully saturated rings. The van der Waals surface area contributed by atoms with Crippen LogP contribution in [0.1, 0.15) is 44.7 Å². The van der Waals surface area contributed by atoms with Crippen molar-refractivity contribution in [2.24, 2.45) is 5.16 Å². The Hall–Kier alpha value is -2.21. The van der Waals surface area contributed by atoms with Crippen molar-refractivity contribution in [1.82, 2.24) is 15.2 Å². The number of oxime groups is 1. The number of carboxylic acid groups (broad SMARTS) is 1. The number of alkyl halides is 3. The molecule has 8 nitrogen and oxygen atoms in total. The Morgan fingerprint density at radius 3 is 2.77 bits per heavy atom. The fourth-order valence-corrected chi connectivity index (χ4v) is 3.78. The molecule has 0 saturated carbocycles. The van der Waals surface area contributed by atoms with Crippen LogP contribution in [0.3, 0.4) is 0 Å². The van der Waals surface area contributed by atoms with Crippen LogP contribution in [0, 0.1) is 0 Å². The molecule has 1 amide bonds. The molecule has 12 heteroatoms. The van der Waals surface area contributed by atoms with Gasteiger partial charge in [-0.15, -0.1) is 11.3 Å². The molecule has 0 aromatic carbocycles. The number of halogens is 3. The lowest BCUT2D eigenvalue weighted by Crippen LogP contribution is -2.49. The fourth-order valence-electron chi connectivity index (χ4n) is 3.22. The Bertz CT molecular complexity index is 742. The lowest BCUT2D eigenvalue weighted by molar-refractivity contribution is -0.192. The van der Waals surface area contributed by atoms with Crippen LogP contribution < -0.4 is 5.32 Å². The minimum atomic E-state index is -5.08. The number of aromatic nitrogens is 1. The van der Waals surface area contributed by atoms with Crippen molar-refractivity contribution in [2.45, 2.75) is 57.3 Å². The standard InChI is InChI=1S/C16H24N4O2S.C2HF3O2/c1-2-3-6-20-7-4-5-16(11-20)8-14(19-22-16)15(21)17-9-13-10-23-12-18-13;3-2(4,5)1(6)7/h10,12H,2-9,11H2,1H3,(H,17,21);(H,6,7). The van der Waals surface area contributed by atoms with Gasteiger partial charge in [0.15, 0.2) is 5.60 Å². The number of carbonyl (C=O) groups excluding carboxylic acids is 1. The van der Waals surface area contributed by atoms with Crippen LogP contribution in [0.25, 0.3) is 0 Å². The van der Waals surface area contributed by atoms with E-state index in [2.05, 4.69) is 27.3 Å². The first-order chi connectivity index (χ1) is 14.1. The Labute approximate surface area is 176 Å². The third kappa shape index (κ3) is 7.24. The number of carboxylic acids is 1. The summed E-state index contributed by atoms with van der Waals surface area (Å²) in [7, 11) is 0. The van der Waals surface area contributed by atoms with Gasteiger partial charge in [0, 0.05) is 18.3 Å². The Balaban J connectivity index is 0.000000396. The normalized spacial score (nSPS) is 21.4. The topological polar surface area (TPSA) is 104 Å². The predicted octanol–water partition coefficient (Wildman–Crippen LogP) is 2.80. The van der Waals surface area contributed by atoms with Gasteiger partial charge in [0.2, 0.25) is 0 Å². The van der Waals surface area contributed by atoms with Gasteiger partial charge in [-0.3, -0.25) is 9.69 Å². The van der Waals surface area contributed by atoms with Crippen molar-refractivity contribution in [2.75, 3.05) is 19.6 Å². The zero-order valence-corrected chi connectivity index (χ0v) is 17.4. The highest BCUT2D eigenvalue weighted by atomic mass is 32.1. The summed E-state index contributed by atoms with van der Waals surface area (Å²) in [6.07, 6.45) is 0.0104. The Kier molecular flexibility index (Phi) is 8.59. The molecule has 2 N–H and O–H groups in total. The summed E-state index contributed by atoms with van der Waals surface area (Å²) in [5, 5.41) is 16.0. The number of carbonyl (C=O) groups is 2. The number of thiazole rings is 1. The summed E-state index contributed by atoms with van der Waals surface area (Å²) in [4.78, 5) is 33.5. The first-order valence-electron chi connectivity index (χ1n) is 9.58. The van der Waals surface area contributed by atoms with Gasteiger partial charge < -0.3 is 15.3 Å². The van der Waals surface area contributed by atoms with E-state index >= 15 is 0 Å². The first-order valence-corrected chi connectivity index (χ1v) is 10.5. The second-order valence-electron chi connectivity index (χ2n) is 7.19. The molecule has 1 saturated heterocycles. The molecule has 1 unspecified atom stereocenters. The molecule has 1 aromatic rings. The maximum Gasteiger partial charge on any atom is 0.490 e. The summed E-state index contributed by atoms with van der Waals surface area (Å²) in [6.45, 7) is 5.75. The van der Waals surface area contributed by atoms with Gasteiger partial charge in [-0.05, 0) is 32.4 Å². The first kappa shape index (κ1) is 24.1. The van der Waals surface area contributed by atoms with Crippen molar-refractivity contribution in [3.05, 3.63) is 16.6 Å². The monoisotopic (exact) mass is 450 g/mol. The van der Waals surface area contributed by atoms with Gasteiger partial charge in [0.25, 0.3) is 5.91 Å². The second kappa shape index (κ2) is 10.7. The van der Waals surface area contributed by atoms with E-state index in [4.69, 9.17) is 14.7 Å². The third-order valence-corrected chi connectivity index (χ3v) is 5.34. The van der Waals surface area contributed by atoms with E-state index in [0.717, 1.165) is 38.2 Å². The van der Waals surface area contributed by atoms with E-state index in [0.29, 0.717) is 18.7 Å². The van der Waals surface area contributed by atoms with E-state index in [9.17, 15) is 18.0 Å². The van der Waals surface area contributed by atoms with Gasteiger partial charge >= 0.3 is 12.1 Å². The number of likely N-dealkylation sites (tertiary alicyclic amines) is 1. The van der Waals surface area contributed by atoms with Gasteiger partial charge in [-0.1, -0.05) is 18.5 Å². The summed E-state index contributed by atoms with van der Waals surface area (Å²) in [6, 6.07) is 0. The minimum absolute atomic E-state index is 0.138. The van der Waals surface area contributed by atoms with Crippen LogP contribution in [0.15, 0.2) is 16.0 Å². The predicted molar refractivity (Wildman–Crippen MR) is 104 cm³/mol. The highest BCUT2D eigenvalue weighted by Gasteiger charge is 2.44. The van der Waals surface area contributed by atoms with Gasteiger partial charge in [0.05, 0.1) is 17.7 Å². The van der Waals surface area contributed by atoms with Gasteiger partial charge in [-0.25, -0.2) is 9.78 Å². The summed E-state index contributed by atoms with van der Waals surface area (Å²) >= 11 is 1.52. The zero-order valence-electron chi connectivity index (χ0n) is 16.6. The van der Waals surface area contributed by atoms with E-state index < -0.39 is 12.1 Å². The van der Waals surface area contributed by atoms with Crippen LogP contribution in [0.5, 0.6) is 0 Å². The molecule has 2 aliphatic rings. The van der Waals surface area contributed by atoms with E-state index in [1.165, 1.54) is 24.2 Å². The number of hydrogen-bond donors (Lipinski definition) is 2. The third-order valence-electron chi connectivity index (χ3n) is 4.70. The molecule has 1 spiro atoms. The second-order valence-corrected chi connectivity index (χ2v) is 7.91. The smallest absolute Gasteiger partial charge is 0.475 e. The maximum atomic E-state index is 12.3. The summed E-state index contributed by atoms with van der Waals surface area (Å²) in [5.74, 6) is -2.90. The average molecular weight is 450 g/mol. The van der Waals surface area contributed by atoms with E-state index in [-0.39, 0.29) is 11.5 Å². The van der Waals surface area contributed by atoms with E-state index in [1.807, 2.05) is 5.38 Å². The number of rotatable bonds is 6. The number of aliphatic carboxylic acids is 1. The molecule has 1 aromatic heterocycles. The van der Waals surface area contributed by atoms with Crippen LogP contribution in [-0.4, -0.2) is 64.0 Å². The number of piperidine rings is 1. The highest BCUT2D eigenvalue weighted by Crippen LogP contribution is 2.33. The lowest BCUT2D eigenvalue weighted by atomic mass is 9.88. The molecule has 3 rings (SSSR count). The highest BCUT2D eigenvalue weighted by molar-refractivity contribution is 7.07. The van der Waals surface area contributed by atoms with Crippen molar-refractivity contribution < 1.29 is 32.7 Å². The van der Waals surface area contributed by atoms with Crippen molar-refractivity contribution in [1.29, 1.82) is 0 Å². The summed E-state index contributed by atoms with van der Waals surface area (Å²) < 4.78 is 31.7. The quantitative estimate of drug-likeness (QED) is 0.691. The lowest BCUT2D eigenvalue weighted by Gasteiger charge is -2.38. The van der Waals surface area contributed by atoms with Crippen molar-refractivity contribution in [3.63, 3.8) is 0 Å². The molecule has 168 valence electrons. The summed E-state index contributed by atoms with van der Waals surface area (Å²) in [5.41, 5.74) is 2.86. The minimum Gasteiger partial charge on any atom is -0.475 e. The number of amides is 1.